The minimum absolute atomic E-state index is 0.523. The predicted molar refractivity (Wildman–Crippen MR) is 48.1 cm³/mol. The van der Waals surface area contributed by atoms with Crippen molar-refractivity contribution in [1.82, 2.24) is 0 Å². The fourth-order valence-corrected chi connectivity index (χ4v) is 1.17. The smallest absolute Gasteiger partial charge is 0.113 e. The lowest BCUT2D eigenvalue weighted by atomic mass is 10.2. The summed E-state index contributed by atoms with van der Waals surface area (Å²) in [4.78, 5) is 5.69. The van der Waals surface area contributed by atoms with Crippen LogP contribution in [-0.2, 0) is 4.84 Å². The third-order valence-corrected chi connectivity index (χ3v) is 2.46. The van der Waals surface area contributed by atoms with Crippen LogP contribution < -0.4 is 0 Å². The average molecular weight is 160 g/mol. The largest absolute Gasteiger partial charge is 0.203 e. The van der Waals surface area contributed by atoms with Gasteiger partial charge in [0, 0.05) is 0 Å². The van der Waals surface area contributed by atoms with Crippen LogP contribution in [0.4, 0.5) is 0 Å². The second kappa shape index (κ2) is 4.07. The topological polar surface area (TPSA) is 9.23 Å². The predicted octanol–water partition coefficient (Wildman–Crippen LogP) is 2.20. The molecule has 0 spiro atoms. The molecular weight excluding hydrogens is 138 g/mol. The van der Waals surface area contributed by atoms with Gasteiger partial charge in [0.2, 0.25) is 0 Å². The van der Waals surface area contributed by atoms with Crippen LogP contribution in [0.1, 0.15) is 34.6 Å². The van der Waals surface area contributed by atoms with Crippen molar-refractivity contribution in [2.24, 2.45) is 0 Å². The lowest BCUT2D eigenvalue weighted by Gasteiger charge is -2.38. The molecule has 0 aromatic heterocycles. The van der Waals surface area contributed by atoms with E-state index in [0.717, 1.165) is 6.61 Å². The molecule has 0 aromatic carbocycles. The van der Waals surface area contributed by atoms with Crippen molar-refractivity contribution in [3.8, 4) is 0 Å². The first kappa shape index (κ1) is 10.9. The lowest BCUT2D eigenvalue weighted by molar-refractivity contribution is -1.12. The molecule has 0 amide bonds. The minimum Gasteiger partial charge on any atom is -0.203 e. The van der Waals surface area contributed by atoms with Gasteiger partial charge in [0.1, 0.15) is 18.7 Å². The van der Waals surface area contributed by atoms with Gasteiger partial charge in [-0.3, -0.25) is 0 Å². The summed E-state index contributed by atoms with van der Waals surface area (Å²) < 4.78 is 0.705. The Morgan fingerprint density at radius 2 is 1.45 bits per heavy atom. The van der Waals surface area contributed by atoms with E-state index in [1.54, 1.807) is 0 Å². The first-order chi connectivity index (χ1) is 4.95. The quantitative estimate of drug-likeness (QED) is 0.452. The maximum atomic E-state index is 5.69. The third kappa shape index (κ3) is 2.46. The fourth-order valence-electron chi connectivity index (χ4n) is 1.17. The van der Waals surface area contributed by atoms with Crippen LogP contribution in [0.25, 0.3) is 0 Å². The van der Waals surface area contributed by atoms with Crippen LogP contribution in [0, 0.1) is 0 Å². The van der Waals surface area contributed by atoms with E-state index >= 15 is 0 Å². The van der Waals surface area contributed by atoms with Crippen LogP contribution in [0.5, 0.6) is 0 Å². The molecule has 0 fully saturated rings. The molecular formula is C9H22NO+. The molecule has 0 aliphatic heterocycles. The van der Waals surface area contributed by atoms with E-state index in [-0.39, 0.29) is 0 Å². The zero-order valence-corrected chi connectivity index (χ0v) is 8.72. The van der Waals surface area contributed by atoms with Crippen LogP contribution >= 0.6 is 0 Å². The normalized spacial score (nSPS) is 13.1. The summed E-state index contributed by atoms with van der Waals surface area (Å²) in [6, 6.07) is 1.05. The highest BCUT2D eigenvalue weighted by Gasteiger charge is 2.31. The Kier molecular flexibility index (Phi) is 4.04. The first-order valence-electron chi connectivity index (χ1n) is 4.45. The van der Waals surface area contributed by atoms with E-state index in [0.29, 0.717) is 16.7 Å². The van der Waals surface area contributed by atoms with E-state index in [2.05, 4.69) is 34.7 Å². The maximum Gasteiger partial charge on any atom is 0.113 e. The molecule has 0 atom stereocenters. The number of hydrogen-bond acceptors (Lipinski definition) is 1. The molecule has 0 heterocycles. The van der Waals surface area contributed by atoms with Crippen LogP contribution in [0.2, 0.25) is 0 Å². The minimum atomic E-state index is 0.523. The number of rotatable bonds is 4. The van der Waals surface area contributed by atoms with Crippen molar-refractivity contribution in [2.75, 3.05) is 13.7 Å². The van der Waals surface area contributed by atoms with Gasteiger partial charge in [-0.15, -0.1) is 0 Å². The first-order valence-corrected chi connectivity index (χ1v) is 4.45. The van der Waals surface area contributed by atoms with Gasteiger partial charge in [-0.2, -0.15) is 4.65 Å². The highest BCUT2D eigenvalue weighted by atomic mass is 16.7. The van der Waals surface area contributed by atoms with E-state index in [1.165, 1.54) is 0 Å². The Labute approximate surface area is 70.7 Å². The summed E-state index contributed by atoms with van der Waals surface area (Å²) in [5.74, 6) is 0. The molecule has 11 heavy (non-hydrogen) atoms. The van der Waals surface area contributed by atoms with E-state index in [9.17, 15) is 0 Å². The Balaban J connectivity index is 4.26. The summed E-state index contributed by atoms with van der Waals surface area (Å²) in [5.41, 5.74) is 0. The molecule has 2 heteroatoms. The molecule has 0 unspecified atom stereocenters. The van der Waals surface area contributed by atoms with Gasteiger partial charge >= 0.3 is 0 Å². The number of quaternary nitrogens is 1. The van der Waals surface area contributed by atoms with Crippen molar-refractivity contribution in [3.05, 3.63) is 0 Å². The van der Waals surface area contributed by atoms with Crippen LogP contribution in [-0.4, -0.2) is 30.4 Å². The Hall–Kier alpha value is -0.0800. The molecule has 0 bridgehead atoms. The fraction of sp³-hybridized carbons (Fsp3) is 1.00. The molecule has 0 saturated heterocycles. The average Bonchev–Trinajstić information content (AvgIpc) is 1.87. The van der Waals surface area contributed by atoms with Gasteiger partial charge in [-0.1, -0.05) is 0 Å². The standard InChI is InChI=1S/C9H22NO/c1-7-11-10(6,8(2)3)9(4)5/h8-9H,7H2,1-6H3/q+1. The Bertz CT molecular complexity index is 102. The highest BCUT2D eigenvalue weighted by molar-refractivity contribution is 4.42. The van der Waals surface area contributed by atoms with Crippen molar-refractivity contribution in [3.63, 3.8) is 0 Å². The molecule has 0 aliphatic rings. The Morgan fingerprint density at radius 1 is 1.09 bits per heavy atom. The van der Waals surface area contributed by atoms with Crippen LogP contribution in [0.15, 0.2) is 0 Å². The summed E-state index contributed by atoms with van der Waals surface area (Å²) in [6.45, 7) is 11.6. The second-order valence-corrected chi connectivity index (χ2v) is 3.66. The third-order valence-electron chi connectivity index (χ3n) is 2.46. The summed E-state index contributed by atoms with van der Waals surface area (Å²) in [5, 5.41) is 0. The number of nitrogens with zero attached hydrogens (tertiary/aromatic N) is 1. The zero-order valence-electron chi connectivity index (χ0n) is 8.72. The highest BCUT2D eigenvalue weighted by Crippen LogP contribution is 2.16. The molecule has 0 radical (unpaired) electrons. The van der Waals surface area contributed by atoms with Crippen molar-refractivity contribution in [1.29, 1.82) is 0 Å². The molecule has 0 N–H and O–H groups in total. The Morgan fingerprint density at radius 3 is 1.55 bits per heavy atom. The van der Waals surface area contributed by atoms with E-state index in [1.807, 2.05) is 6.92 Å². The van der Waals surface area contributed by atoms with Crippen molar-refractivity contribution >= 4 is 0 Å². The molecule has 0 aromatic rings. The molecule has 68 valence electrons. The van der Waals surface area contributed by atoms with Gasteiger partial charge in [-0.25, -0.2) is 4.84 Å². The van der Waals surface area contributed by atoms with Gasteiger partial charge in [0.15, 0.2) is 0 Å². The number of hydroxylamine groups is 3. The number of hydrogen-bond donors (Lipinski definition) is 0. The van der Waals surface area contributed by atoms with E-state index in [4.69, 9.17) is 4.84 Å². The molecule has 2 nitrogen and oxygen atoms in total. The summed E-state index contributed by atoms with van der Waals surface area (Å²) in [6.07, 6.45) is 0. The van der Waals surface area contributed by atoms with Crippen LogP contribution in [0.3, 0.4) is 0 Å². The van der Waals surface area contributed by atoms with Gasteiger partial charge in [0.05, 0.1) is 7.05 Å². The molecule has 0 rings (SSSR count). The maximum absolute atomic E-state index is 5.69. The van der Waals surface area contributed by atoms with Gasteiger partial charge < -0.3 is 0 Å². The second-order valence-electron chi connectivity index (χ2n) is 3.66. The van der Waals surface area contributed by atoms with Crippen molar-refractivity contribution < 1.29 is 9.48 Å². The summed E-state index contributed by atoms with van der Waals surface area (Å²) in [7, 11) is 2.14. The van der Waals surface area contributed by atoms with Gasteiger partial charge in [-0.05, 0) is 34.6 Å². The van der Waals surface area contributed by atoms with E-state index < -0.39 is 0 Å². The molecule has 0 aliphatic carbocycles. The zero-order chi connectivity index (χ0) is 9.07. The van der Waals surface area contributed by atoms with Gasteiger partial charge in [0.25, 0.3) is 0 Å². The monoisotopic (exact) mass is 160 g/mol. The van der Waals surface area contributed by atoms with Crippen molar-refractivity contribution in [2.45, 2.75) is 46.7 Å². The molecule has 0 saturated carbocycles. The summed E-state index contributed by atoms with van der Waals surface area (Å²) >= 11 is 0. The SMILES string of the molecule is CCO[N+](C)(C(C)C)C(C)C. The lowest BCUT2D eigenvalue weighted by Crippen LogP contribution is -2.54.